The molecule has 3 aromatic rings. The normalized spacial score (nSPS) is 25.8. The number of amides is 1. The maximum atomic E-state index is 14.7. The van der Waals surface area contributed by atoms with Crippen molar-refractivity contribution in [1.29, 1.82) is 0 Å². The monoisotopic (exact) mass is 625 g/mol. The number of hydrogen-bond acceptors (Lipinski definition) is 8. The lowest BCUT2D eigenvalue weighted by atomic mass is 9.77. The van der Waals surface area contributed by atoms with Crippen LogP contribution in [0.1, 0.15) is 59.8 Å². The van der Waals surface area contributed by atoms with Gasteiger partial charge < -0.3 is 30.7 Å². The summed E-state index contributed by atoms with van der Waals surface area (Å²) in [6.45, 7) is 0.982. The Bertz CT molecular complexity index is 1530. The van der Waals surface area contributed by atoms with Gasteiger partial charge in [-0.1, -0.05) is 84.9 Å². The minimum absolute atomic E-state index is 0.0617. The average molecular weight is 626 g/mol. The molecule has 0 saturated carbocycles. The van der Waals surface area contributed by atoms with Crippen LogP contribution in [0.5, 0.6) is 0 Å². The van der Waals surface area contributed by atoms with E-state index in [0.29, 0.717) is 44.5 Å². The third-order valence-corrected chi connectivity index (χ3v) is 9.59. The first-order valence-corrected chi connectivity index (χ1v) is 16.1. The van der Waals surface area contributed by atoms with E-state index in [4.69, 9.17) is 15.2 Å². The molecule has 6 N–H and O–H groups in total. The third kappa shape index (κ3) is 7.24. The van der Waals surface area contributed by atoms with E-state index in [0.717, 1.165) is 22.3 Å². The summed E-state index contributed by atoms with van der Waals surface area (Å²) in [5.74, 6) is -0.700. The van der Waals surface area contributed by atoms with E-state index in [1.54, 1.807) is 0 Å². The number of nitrogens with two attached hydrogens (primary N) is 1. The first-order valence-electron chi connectivity index (χ1n) is 16.1. The molecule has 1 amide bonds. The molecular weight excluding hydrogens is 582 g/mol. The van der Waals surface area contributed by atoms with Crippen LogP contribution in [0, 0.1) is 0 Å². The summed E-state index contributed by atoms with van der Waals surface area (Å²) >= 11 is 0. The second-order valence-corrected chi connectivity index (χ2v) is 12.8. The molecule has 7 atom stereocenters. The van der Waals surface area contributed by atoms with Crippen molar-refractivity contribution in [1.82, 2.24) is 10.6 Å². The summed E-state index contributed by atoms with van der Waals surface area (Å²) in [6, 6.07) is 26.8. The second kappa shape index (κ2) is 14.3. The summed E-state index contributed by atoms with van der Waals surface area (Å²) < 4.78 is 11.2. The highest BCUT2D eigenvalue weighted by atomic mass is 16.6. The molecule has 3 aliphatic rings. The standard InChI is InChI=1S/C37H43N3O6/c38-34(42)19-26-18-30(29-14-8-7-13-28(26)29)31-22-39-37(35(31)43,20-25-11-5-2-6-12-25)21-33(41)32(17-24-9-3-1-4-10-24)40-36(44)46-27-15-16-45-23-27/h1-14,22,26-27,30,32-33,36,39-41,44H,15-21,23H2,(H2,38,42)/t26-,27+,30-,32+,33+,36?,37+/m1/s1. The molecule has 2 heterocycles. The Morgan fingerprint density at radius 3 is 2.35 bits per heavy atom. The van der Waals surface area contributed by atoms with Crippen LogP contribution in [0.2, 0.25) is 0 Å². The Balaban J connectivity index is 1.27. The molecule has 1 saturated heterocycles. The number of rotatable bonds is 14. The number of hydrogen-bond donors (Lipinski definition) is 5. The molecule has 3 aromatic carbocycles. The van der Waals surface area contributed by atoms with Crippen LogP contribution in [0.25, 0.3) is 0 Å². The zero-order valence-corrected chi connectivity index (χ0v) is 25.9. The molecule has 242 valence electrons. The van der Waals surface area contributed by atoms with Gasteiger partial charge in [0.2, 0.25) is 12.3 Å². The lowest BCUT2D eigenvalue weighted by Gasteiger charge is -2.35. The van der Waals surface area contributed by atoms with Crippen LogP contribution in [0.15, 0.2) is 96.7 Å². The Kier molecular flexibility index (Phi) is 9.96. The number of carbonyl (C=O) groups excluding carboxylic acids is 2. The molecule has 0 spiro atoms. The lowest BCUT2D eigenvalue weighted by Crippen LogP contribution is -2.56. The average Bonchev–Trinajstić information content (AvgIpc) is 3.76. The molecule has 1 fully saturated rings. The topological polar surface area (TPSA) is 143 Å². The number of benzene rings is 3. The number of ketones is 1. The highest BCUT2D eigenvalue weighted by Gasteiger charge is 2.49. The number of Topliss-reactive ketones (excluding diaryl/α,β-unsaturated/α-hetero) is 1. The maximum absolute atomic E-state index is 14.7. The number of primary amides is 1. The lowest BCUT2D eigenvalue weighted by molar-refractivity contribution is -0.163. The van der Waals surface area contributed by atoms with Crippen LogP contribution in [0.4, 0.5) is 0 Å². The summed E-state index contributed by atoms with van der Waals surface area (Å²) in [5, 5.41) is 29.3. The van der Waals surface area contributed by atoms with Crippen molar-refractivity contribution in [3.63, 3.8) is 0 Å². The Morgan fingerprint density at radius 1 is 1.00 bits per heavy atom. The third-order valence-electron chi connectivity index (χ3n) is 9.59. The quantitative estimate of drug-likeness (QED) is 0.172. The first kappa shape index (κ1) is 32.1. The molecule has 1 aliphatic carbocycles. The van der Waals surface area contributed by atoms with Gasteiger partial charge >= 0.3 is 0 Å². The van der Waals surface area contributed by atoms with E-state index in [1.165, 1.54) is 0 Å². The van der Waals surface area contributed by atoms with Crippen LogP contribution in [-0.4, -0.2) is 65.3 Å². The van der Waals surface area contributed by atoms with Gasteiger partial charge in [0.25, 0.3) is 0 Å². The second-order valence-electron chi connectivity index (χ2n) is 12.8. The molecule has 2 aliphatic heterocycles. The number of nitrogens with one attached hydrogen (secondary N) is 2. The van der Waals surface area contributed by atoms with Crippen molar-refractivity contribution in [2.24, 2.45) is 5.73 Å². The molecule has 46 heavy (non-hydrogen) atoms. The summed E-state index contributed by atoms with van der Waals surface area (Å²) in [4.78, 5) is 26.6. The van der Waals surface area contributed by atoms with Gasteiger partial charge in [0.1, 0.15) is 5.54 Å². The molecule has 6 rings (SSSR count). The van der Waals surface area contributed by atoms with E-state index in [2.05, 4.69) is 10.6 Å². The highest BCUT2D eigenvalue weighted by molar-refractivity contribution is 6.06. The molecule has 9 heteroatoms. The van der Waals surface area contributed by atoms with E-state index in [1.807, 2.05) is 91.1 Å². The Hall–Kier alpha value is -3.86. The van der Waals surface area contributed by atoms with Crippen LogP contribution in [-0.2, 0) is 31.9 Å². The fourth-order valence-corrected chi connectivity index (χ4v) is 7.35. The van der Waals surface area contributed by atoms with E-state index < -0.39 is 24.1 Å². The molecule has 0 radical (unpaired) electrons. The van der Waals surface area contributed by atoms with Gasteiger partial charge in [-0.25, -0.2) is 0 Å². The predicted octanol–water partition coefficient (Wildman–Crippen LogP) is 3.20. The number of carbonyl (C=O) groups is 2. The van der Waals surface area contributed by atoms with Crippen molar-refractivity contribution in [3.05, 3.63) is 119 Å². The van der Waals surface area contributed by atoms with Crippen molar-refractivity contribution in [2.45, 2.75) is 80.6 Å². The van der Waals surface area contributed by atoms with Crippen molar-refractivity contribution < 1.29 is 29.3 Å². The number of aliphatic hydroxyl groups excluding tert-OH is 2. The largest absolute Gasteiger partial charge is 0.391 e. The van der Waals surface area contributed by atoms with Crippen molar-refractivity contribution in [3.8, 4) is 0 Å². The predicted molar refractivity (Wildman–Crippen MR) is 173 cm³/mol. The molecule has 0 aromatic heterocycles. The Morgan fingerprint density at radius 2 is 1.67 bits per heavy atom. The minimum Gasteiger partial charge on any atom is -0.391 e. The minimum atomic E-state index is -1.32. The zero-order chi connectivity index (χ0) is 32.1. The first-order chi connectivity index (χ1) is 22.3. The summed E-state index contributed by atoms with van der Waals surface area (Å²) in [6.07, 6.45) is 1.58. The van der Waals surface area contributed by atoms with Crippen LogP contribution < -0.4 is 16.4 Å². The van der Waals surface area contributed by atoms with Gasteiger partial charge in [-0.3, -0.25) is 14.9 Å². The number of fused-ring (bicyclic) bond motifs is 1. The maximum Gasteiger partial charge on any atom is 0.218 e. The van der Waals surface area contributed by atoms with E-state index in [-0.39, 0.29) is 42.5 Å². The number of aliphatic hydroxyl groups is 2. The smallest absolute Gasteiger partial charge is 0.218 e. The van der Waals surface area contributed by atoms with Crippen LogP contribution >= 0.6 is 0 Å². The fraction of sp³-hybridized carbons (Fsp3) is 0.405. The van der Waals surface area contributed by atoms with Crippen molar-refractivity contribution in [2.75, 3.05) is 13.2 Å². The van der Waals surface area contributed by atoms with E-state index >= 15 is 0 Å². The highest BCUT2D eigenvalue weighted by Crippen LogP contribution is 2.49. The van der Waals surface area contributed by atoms with Crippen molar-refractivity contribution >= 4 is 11.7 Å². The number of ether oxygens (including phenoxy) is 2. The van der Waals surface area contributed by atoms with Gasteiger partial charge in [0, 0.05) is 49.6 Å². The van der Waals surface area contributed by atoms with Gasteiger partial charge in [0.15, 0.2) is 5.78 Å². The van der Waals surface area contributed by atoms with Gasteiger partial charge in [-0.05, 0) is 47.4 Å². The molecule has 9 nitrogen and oxygen atoms in total. The van der Waals surface area contributed by atoms with E-state index in [9.17, 15) is 19.8 Å². The molecule has 0 bridgehead atoms. The fourth-order valence-electron chi connectivity index (χ4n) is 7.35. The van der Waals surface area contributed by atoms with Gasteiger partial charge in [-0.15, -0.1) is 0 Å². The molecular formula is C37H43N3O6. The molecule has 1 unspecified atom stereocenters. The zero-order valence-electron chi connectivity index (χ0n) is 25.9. The summed E-state index contributed by atoms with van der Waals surface area (Å²) in [7, 11) is 0. The van der Waals surface area contributed by atoms with Gasteiger partial charge in [0.05, 0.1) is 18.8 Å². The van der Waals surface area contributed by atoms with Crippen LogP contribution in [0.3, 0.4) is 0 Å². The Labute approximate surface area is 269 Å². The summed E-state index contributed by atoms with van der Waals surface area (Å²) in [5.41, 5.74) is 9.13. The SMILES string of the molecule is NC(=O)C[C@H]1C[C@@H](C2=CN[C@@](Cc3ccccc3)(C[C@H](O)[C@H](Cc3ccccc3)NC(O)O[C@H]3CCOC3)C2=O)c2ccccc21. The van der Waals surface area contributed by atoms with Gasteiger partial charge in [-0.2, -0.15) is 0 Å².